The summed E-state index contributed by atoms with van der Waals surface area (Å²) < 4.78 is 1.89. The number of pyridine rings is 2. The number of aromatic nitrogens is 4. The van der Waals surface area contributed by atoms with E-state index in [4.69, 9.17) is 0 Å². The van der Waals surface area contributed by atoms with E-state index in [0.717, 1.165) is 36.0 Å². The Labute approximate surface area is 158 Å². The van der Waals surface area contributed by atoms with Gasteiger partial charge in [-0.3, -0.25) is 9.78 Å². The van der Waals surface area contributed by atoms with E-state index in [1.54, 1.807) is 24.7 Å². The van der Waals surface area contributed by atoms with Crippen molar-refractivity contribution in [2.24, 2.45) is 0 Å². The van der Waals surface area contributed by atoms with E-state index in [1.165, 1.54) is 0 Å². The Balaban J connectivity index is 1.50. The molecule has 7 nitrogen and oxygen atoms in total. The third kappa shape index (κ3) is 3.28. The molecule has 1 aliphatic heterocycles. The van der Waals surface area contributed by atoms with Crippen molar-refractivity contribution in [1.29, 1.82) is 0 Å². The van der Waals surface area contributed by atoms with Crippen molar-refractivity contribution < 1.29 is 4.79 Å². The summed E-state index contributed by atoms with van der Waals surface area (Å²) >= 11 is 0. The van der Waals surface area contributed by atoms with Gasteiger partial charge in [0.05, 0.1) is 22.6 Å². The smallest absolute Gasteiger partial charge is 0.255 e. The minimum Gasteiger partial charge on any atom is -0.365 e. The highest BCUT2D eigenvalue weighted by molar-refractivity contribution is 5.94. The van der Waals surface area contributed by atoms with E-state index >= 15 is 0 Å². The first-order valence-corrected chi connectivity index (χ1v) is 9.07. The largest absolute Gasteiger partial charge is 0.365 e. The number of carbonyl (C=O) groups excluding carboxylic acids is 1. The van der Waals surface area contributed by atoms with Gasteiger partial charge in [0.15, 0.2) is 5.82 Å². The summed E-state index contributed by atoms with van der Waals surface area (Å²) in [6, 6.07) is 9.42. The zero-order valence-corrected chi connectivity index (χ0v) is 15.5. The van der Waals surface area contributed by atoms with E-state index in [0.29, 0.717) is 18.7 Å². The average molecular weight is 362 g/mol. The molecule has 7 heteroatoms. The Kier molecular flexibility index (Phi) is 4.58. The molecule has 0 N–H and O–H groups in total. The lowest BCUT2D eigenvalue weighted by atomic mass is 10.2. The Bertz CT molecular complexity index is 930. The molecule has 0 unspecified atom stereocenters. The van der Waals surface area contributed by atoms with Crippen LogP contribution in [0, 0.1) is 13.8 Å². The molecule has 4 rings (SSSR count). The molecular formula is C20H22N6O. The summed E-state index contributed by atoms with van der Waals surface area (Å²) in [4.78, 5) is 25.3. The molecule has 0 aromatic carbocycles. The van der Waals surface area contributed by atoms with Crippen LogP contribution in [0.1, 0.15) is 21.7 Å². The summed E-state index contributed by atoms with van der Waals surface area (Å²) in [6.45, 7) is 7.01. The number of amides is 1. The van der Waals surface area contributed by atoms with Crippen LogP contribution in [0.4, 0.5) is 5.69 Å². The zero-order valence-electron chi connectivity index (χ0n) is 15.5. The fourth-order valence-corrected chi connectivity index (χ4v) is 3.60. The fraction of sp³-hybridized carbons (Fsp3) is 0.300. The quantitative estimate of drug-likeness (QED) is 0.715. The van der Waals surface area contributed by atoms with E-state index in [-0.39, 0.29) is 5.91 Å². The molecule has 0 radical (unpaired) electrons. The lowest BCUT2D eigenvalue weighted by Crippen LogP contribution is -2.49. The minimum atomic E-state index is 0.0420. The van der Waals surface area contributed by atoms with Gasteiger partial charge in [-0.15, -0.1) is 0 Å². The number of carbonyl (C=O) groups is 1. The maximum absolute atomic E-state index is 12.6. The van der Waals surface area contributed by atoms with Crippen LogP contribution in [0.2, 0.25) is 0 Å². The molecule has 3 aromatic heterocycles. The van der Waals surface area contributed by atoms with Gasteiger partial charge in [0, 0.05) is 44.8 Å². The summed E-state index contributed by atoms with van der Waals surface area (Å²) in [5, 5.41) is 4.68. The van der Waals surface area contributed by atoms with Gasteiger partial charge in [0.1, 0.15) is 0 Å². The second-order valence-electron chi connectivity index (χ2n) is 6.64. The highest BCUT2D eigenvalue weighted by Gasteiger charge is 2.26. The Morgan fingerprint density at radius 1 is 1.00 bits per heavy atom. The van der Waals surface area contributed by atoms with E-state index in [9.17, 15) is 4.79 Å². The SMILES string of the molecule is Cc1nn(-c2ccccn2)c(C)c1N1CCN(C(=O)c2cccnc2)CC1. The number of aryl methyl sites for hydroxylation is 1. The normalized spacial score (nSPS) is 14.4. The number of piperazine rings is 1. The molecular weight excluding hydrogens is 340 g/mol. The first-order chi connectivity index (χ1) is 13.1. The first kappa shape index (κ1) is 17.2. The van der Waals surface area contributed by atoms with Crippen LogP contribution in [0.15, 0.2) is 48.9 Å². The highest BCUT2D eigenvalue weighted by atomic mass is 16.2. The molecule has 1 saturated heterocycles. The maximum Gasteiger partial charge on any atom is 0.255 e. The summed E-state index contributed by atoms with van der Waals surface area (Å²) in [6.07, 6.45) is 5.08. The van der Waals surface area contributed by atoms with E-state index < -0.39 is 0 Å². The molecule has 1 aliphatic rings. The predicted octanol–water partition coefficient (Wildman–Crippen LogP) is 2.24. The lowest BCUT2D eigenvalue weighted by molar-refractivity contribution is 0.0746. The van der Waals surface area contributed by atoms with E-state index in [1.807, 2.05) is 40.8 Å². The van der Waals surface area contributed by atoms with Gasteiger partial charge in [-0.1, -0.05) is 6.07 Å². The molecule has 0 bridgehead atoms. The minimum absolute atomic E-state index is 0.0420. The number of nitrogens with zero attached hydrogens (tertiary/aromatic N) is 6. The van der Waals surface area contributed by atoms with Crippen molar-refractivity contribution in [2.75, 3.05) is 31.1 Å². The van der Waals surface area contributed by atoms with E-state index in [2.05, 4.69) is 26.9 Å². The van der Waals surface area contributed by atoms with Gasteiger partial charge in [0.25, 0.3) is 5.91 Å². The van der Waals surface area contributed by atoms with Gasteiger partial charge in [-0.2, -0.15) is 5.10 Å². The molecule has 3 aromatic rings. The van der Waals surface area contributed by atoms with Crippen LogP contribution < -0.4 is 4.90 Å². The third-order valence-electron chi connectivity index (χ3n) is 4.91. The Morgan fingerprint density at radius 3 is 2.48 bits per heavy atom. The topological polar surface area (TPSA) is 67.2 Å². The second-order valence-corrected chi connectivity index (χ2v) is 6.64. The van der Waals surface area contributed by atoms with Crippen LogP contribution >= 0.6 is 0 Å². The zero-order chi connectivity index (χ0) is 18.8. The van der Waals surface area contributed by atoms with Crippen LogP contribution in [-0.2, 0) is 0 Å². The molecule has 0 atom stereocenters. The van der Waals surface area contributed by atoms with Crippen LogP contribution in [0.3, 0.4) is 0 Å². The number of hydrogen-bond donors (Lipinski definition) is 0. The maximum atomic E-state index is 12.6. The Morgan fingerprint density at radius 2 is 1.81 bits per heavy atom. The standard InChI is InChI=1S/C20H22N6O/c1-15-19(16(2)26(23-15)18-7-3-4-9-22-18)24-10-12-25(13-11-24)20(27)17-6-5-8-21-14-17/h3-9,14H,10-13H2,1-2H3. The summed E-state index contributed by atoms with van der Waals surface area (Å²) in [7, 11) is 0. The Hall–Kier alpha value is -3.22. The van der Waals surface area contributed by atoms with Crippen molar-refractivity contribution in [3.63, 3.8) is 0 Å². The van der Waals surface area contributed by atoms with Crippen molar-refractivity contribution >= 4 is 11.6 Å². The molecule has 4 heterocycles. The molecule has 138 valence electrons. The third-order valence-corrected chi connectivity index (χ3v) is 4.91. The second kappa shape index (κ2) is 7.19. The van der Waals surface area contributed by atoms with Gasteiger partial charge >= 0.3 is 0 Å². The molecule has 0 aliphatic carbocycles. The van der Waals surface area contributed by atoms with Crippen LogP contribution in [0.5, 0.6) is 0 Å². The fourth-order valence-electron chi connectivity index (χ4n) is 3.60. The number of rotatable bonds is 3. The number of hydrogen-bond acceptors (Lipinski definition) is 5. The summed E-state index contributed by atoms with van der Waals surface area (Å²) in [5.74, 6) is 0.857. The lowest BCUT2D eigenvalue weighted by Gasteiger charge is -2.36. The molecule has 27 heavy (non-hydrogen) atoms. The first-order valence-electron chi connectivity index (χ1n) is 9.07. The molecule has 0 spiro atoms. The van der Waals surface area contributed by atoms with Crippen LogP contribution in [-0.4, -0.2) is 56.7 Å². The molecule has 1 fully saturated rings. The van der Waals surface area contributed by atoms with Gasteiger partial charge in [0.2, 0.25) is 0 Å². The van der Waals surface area contributed by atoms with Gasteiger partial charge in [-0.05, 0) is 38.1 Å². The van der Waals surface area contributed by atoms with Crippen molar-refractivity contribution in [3.05, 3.63) is 65.9 Å². The van der Waals surface area contributed by atoms with Crippen LogP contribution in [0.25, 0.3) is 5.82 Å². The summed E-state index contributed by atoms with van der Waals surface area (Å²) in [5.41, 5.74) is 3.82. The van der Waals surface area contributed by atoms with Crippen molar-refractivity contribution in [1.82, 2.24) is 24.6 Å². The van der Waals surface area contributed by atoms with Crippen molar-refractivity contribution in [3.8, 4) is 5.82 Å². The molecule has 1 amide bonds. The predicted molar refractivity (Wildman–Crippen MR) is 103 cm³/mol. The monoisotopic (exact) mass is 362 g/mol. The highest BCUT2D eigenvalue weighted by Crippen LogP contribution is 2.27. The average Bonchev–Trinajstić information content (AvgIpc) is 3.03. The molecule has 0 saturated carbocycles. The van der Waals surface area contributed by atoms with Gasteiger partial charge < -0.3 is 9.80 Å². The van der Waals surface area contributed by atoms with Crippen molar-refractivity contribution in [2.45, 2.75) is 13.8 Å². The van der Waals surface area contributed by atoms with Gasteiger partial charge in [-0.25, -0.2) is 9.67 Å². The number of anilines is 1.